The Hall–Kier alpha value is -0.800. The lowest BCUT2D eigenvalue weighted by atomic mass is 9.57. The lowest BCUT2D eigenvalue weighted by Gasteiger charge is -2.55. The normalized spacial score (nSPS) is 33.9. The molecule has 0 spiro atoms. The van der Waals surface area contributed by atoms with Gasteiger partial charge in [-0.1, -0.05) is 25.4 Å². The van der Waals surface area contributed by atoms with Crippen molar-refractivity contribution in [1.82, 2.24) is 4.98 Å². The standard InChI is InChI=1S/C13H17ClN2O/c1-13(2)11(8-4-6-17-12(8)13)16-10-3-5-15-7-9(10)14/h3,5,7-8,11-12H,4,6H2,1-2H3,(H,15,16). The van der Waals surface area contributed by atoms with Gasteiger partial charge < -0.3 is 10.1 Å². The minimum absolute atomic E-state index is 0.174. The van der Waals surface area contributed by atoms with Crippen molar-refractivity contribution in [2.24, 2.45) is 11.3 Å². The van der Waals surface area contributed by atoms with Crippen LogP contribution in [0.5, 0.6) is 0 Å². The first-order valence-electron chi connectivity index (χ1n) is 6.08. The maximum absolute atomic E-state index is 6.13. The number of pyridine rings is 1. The van der Waals surface area contributed by atoms with Crippen molar-refractivity contribution in [3.63, 3.8) is 0 Å². The molecule has 0 aromatic carbocycles. The van der Waals surface area contributed by atoms with E-state index in [9.17, 15) is 0 Å². The van der Waals surface area contributed by atoms with Crippen LogP contribution in [0.15, 0.2) is 18.5 Å². The van der Waals surface area contributed by atoms with Crippen molar-refractivity contribution in [2.45, 2.75) is 32.4 Å². The average molecular weight is 253 g/mol. The molecule has 3 atom stereocenters. The molecule has 2 fully saturated rings. The lowest BCUT2D eigenvalue weighted by Crippen LogP contribution is -2.63. The van der Waals surface area contributed by atoms with E-state index in [4.69, 9.17) is 16.3 Å². The summed E-state index contributed by atoms with van der Waals surface area (Å²) < 4.78 is 5.78. The van der Waals surface area contributed by atoms with E-state index in [1.165, 1.54) is 0 Å². The van der Waals surface area contributed by atoms with Gasteiger partial charge in [0, 0.05) is 36.4 Å². The summed E-state index contributed by atoms with van der Waals surface area (Å²) in [5, 5.41) is 4.24. The van der Waals surface area contributed by atoms with Crippen LogP contribution in [0.3, 0.4) is 0 Å². The fraction of sp³-hybridized carbons (Fsp3) is 0.615. The number of nitrogens with one attached hydrogen (secondary N) is 1. The second kappa shape index (κ2) is 3.85. The molecule has 1 saturated carbocycles. The molecule has 3 nitrogen and oxygen atoms in total. The van der Waals surface area contributed by atoms with Gasteiger partial charge in [-0.15, -0.1) is 0 Å². The van der Waals surface area contributed by atoms with Crippen LogP contribution in [-0.2, 0) is 4.74 Å². The first-order chi connectivity index (χ1) is 8.10. The minimum Gasteiger partial charge on any atom is -0.380 e. The van der Waals surface area contributed by atoms with Gasteiger partial charge in [-0.3, -0.25) is 4.98 Å². The van der Waals surface area contributed by atoms with Gasteiger partial charge in [0.2, 0.25) is 0 Å². The molecule has 1 aromatic rings. The van der Waals surface area contributed by atoms with Crippen LogP contribution in [-0.4, -0.2) is 23.7 Å². The molecule has 1 N–H and O–H groups in total. The van der Waals surface area contributed by atoms with Gasteiger partial charge in [-0.05, 0) is 12.5 Å². The van der Waals surface area contributed by atoms with E-state index < -0.39 is 0 Å². The summed E-state index contributed by atoms with van der Waals surface area (Å²) in [5.41, 5.74) is 1.15. The van der Waals surface area contributed by atoms with Gasteiger partial charge in [-0.2, -0.15) is 0 Å². The van der Waals surface area contributed by atoms with Crippen LogP contribution in [0.2, 0.25) is 5.02 Å². The highest BCUT2D eigenvalue weighted by Crippen LogP contribution is 2.53. The molecule has 0 radical (unpaired) electrons. The van der Waals surface area contributed by atoms with Crippen molar-refractivity contribution in [2.75, 3.05) is 11.9 Å². The van der Waals surface area contributed by atoms with Crippen LogP contribution in [0.4, 0.5) is 5.69 Å². The Morgan fingerprint density at radius 1 is 1.53 bits per heavy atom. The predicted octanol–water partition coefficient (Wildman–Crippen LogP) is 2.96. The Morgan fingerprint density at radius 2 is 2.35 bits per heavy atom. The fourth-order valence-corrected chi connectivity index (χ4v) is 3.45. The summed E-state index contributed by atoms with van der Waals surface area (Å²) in [4.78, 5) is 4.00. The molecule has 1 saturated heterocycles. The van der Waals surface area contributed by atoms with E-state index in [0.717, 1.165) is 18.7 Å². The molecular weight excluding hydrogens is 236 g/mol. The van der Waals surface area contributed by atoms with Gasteiger partial charge in [0.15, 0.2) is 0 Å². The van der Waals surface area contributed by atoms with Gasteiger partial charge in [0.25, 0.3) is 0 Å². The third-order valence-corrected chi connectivity index (χ3v) is 4.49. The Kier molecular flexibility index (Phi) is 2.56. The summed E-state index contributed by atoms with van der Waals surface area (Å²) in [6, 6.07) is 2.37. The number of anilines is 1. The largest absolute Gasteiger partial charge is 0.380 e. The Bertz CT molecular complexity index is 435. The molecule has 17 heavy (non-hydrogen) atoms. The zero-order valence-corrected chi connectivity index (χ0v) is 10.9. The molecule has 0 bridgehead atoms. The number of hydrogen-bond acceptors (Lipinski definition) is 3. The number of rotatable bonds is 2. The zero-order valence-electron chi connectivity index (χ0n) is 10.1. The molecule has 2 heterocycles. The summed E-state index contributed by atoms with van der Waals surface area (Å²) >= 11 is 6.13. The molecule has 92 valence electrons. The lowest BCUT2D eigenvalue weighted by molar-refractivity contribution is -0.0923. The summed E-state index contributed by atoms with van der Waals surface area (Å²) in [7, 11) is 0. The van der Waals surface area contributed by atoms with Crippen LogP contribution in [0.25, 0.3) is 0 Å². The van der Waals surface area contributed by atoms with Gasteiger partial charge in [0.05, 0.1) is 16.8 Å². The maximum Gasteiger partial charge on any atom is 0.0820 e. The number of aromatic nitrogens is 1. The van der Waals surface area contributed by atoms with E-state index in [-0.39, 0.29) is 5.41 Å². The number of fused-ring (bicyclic) bond motifs is 1. The molecule has 1 aromatic heterocycles. The second-order valence-corrected chi connectivity index (χ2v) is 5.95. The van der Waals surface area contributed by atoms with E-state index in [0.29, 0.717) is 23.1 Å². The second-order valence-electron chi connectivity index (χ2n) is 5.54. The third-order valence-electron chi connectivity index (χ3n) is 4.18. The van der Waals surface area contributed by atoms with Gasteiger partial charge >= 0.3 is 0 Å². The van der Waals surface area contributed by atoms with Gasteiger partial charge in [-0.25, -0.2) is 0 Å². The monoisotopic (exact) mass is 252 g/mol. The quantitative estimate of drug-likeness (QED) is 0.879. The molecule has 1 aliphatic carbocycles. The number of hydrogen-bond donors (Lipinski definition) is 1. The van der Waals surface area contributed by atoms with E-state index >= 15 is 0 Å². The molecule has 0 amide bonds. The first-order valence-corrected chi connectivity index (χ1v) is 6.46. The van der Waals surface area contributed by atoms with Crippen molar-refractivity contribution in [1.29, 1.82) is 0 Å². The van der Waals surface area contributed by atoms with Crippen molar-refractivity contribution >= 4 is 17.3 Å². The first kappa shape index (κ1) is 11.3. The molecular formula is C13H17ClN2O. The van der Waals surface area contributed by atoms with Crippen molar-refractivity contribution in [3.05, 3.63) is 23.5 Å². The summed E-state index contributed by atoms with van der Waals surface area (Å²) in [6.45, 7) is 5.40. The Labute approximate surface area is 107 Å². The van der Waals surface area contributed by atoms with E-state index in [2.05, 4.69) is 24.1 Å². The maximum atomic E-state index is 6.13. The van der Waals surface area contributed by atoms with Crippen molar-refractivity contribution in [3.8, 4) is 0 Å². The Morgan fingerprint density at radius 3 is 3.12 bits per heavy atom. The van der Waals surface area contributed by atoms with Crippen molar-refractivity contribution < 1.29 is 4.74 Å². The number of nitrogens with zero attached hydrogens (tertiary/aromatic N) is 1. The van der Waals surface area contributed by atoms with Crippen LogP contribution >= 0.6 is 11.6 Å². The Balaban J connectivity index is 1.80. The van der Waals surface area contributed by atoms with E-state index in [1.54, 1.807) is 12.4 Å². The van der Waals surface area contributed by atoms with Crippen LogP contribution in [0.1, 0.15) is 20.3 Å². The van der Waals surface area contributed by atoms with Crippen LogP contribution < -0.4 is 5.32 Å². The highest BCUT2D eigenvalue weighted by Gasteiger charge is 2.59. The molecule has 3 rings (SSSR count). The SMILES string of the molecule is CC1(C)C(Nc2ccncc2Cl)C2CCOC21. The molecule has 2 aliphatic rings. The molecule has 1 aliphatic heterocycles. The summed E-state index contributed by atoms with van der Waals surface area (Å²) in [5.74, 6) is 0.620. The highest BCUT2D eigenvalue weighted by molar-refractivity contribution is 6.33. The van der Waals surface area contributed by atoms with E-state index in [1.807, 2.05) is 6.07 Å². The summed E-state index contributed by atoms with van der Waals surface area (Å²) in [6.07, 6.45) is 5.00. The van der Waals surface area contributed by atoms with Gasteiger partial charge in [0.1, 0.15) is 0 Å². The smallest absolute Gasteiger partial charge is 0.0820 e. The minimum atomic E-state index is 0.174. The fourth-order valence-electron chi connectivity index (χ4n) is 3.28. The molecule has 3 unspecified atom stereocenters. The zero-order chi connectivity index (χ0) is 12.0. The van der Waals surface area contributed by atoms with Crippen LogP contribution in [0, 0.1) is 11.3 Å². The predicted molar refractivity (Wildman–Crippen MR) is 68.3 cm³/mol. The highest BCUT2D eigenvalue weighted by atomic mass is 35.5. The number of ether oxygens (including phenoxy) is 1. The number of halogens is 1. The molecule has 4 heteroatoms. The topological polar surface area (TPSA) is 34.2 Å². The third kappa shape index (κ3) is 1.64. The average Bonchev–Trinajstić information content (AvgIpc) is 2.74.